The van der Waals surface area contributed by atoms with Crippen molar-refractivity contribution in [2.45, 2.75) is 26.2 Å². The molecule has 1 heterocycles. The molecule has 1 aliphatic rings. The van der Waals surface area contributed by atoms with Gasteiger partial charge in [-0.1, -0.05) is 18.5 Å². The third-order valence-corrected chi connectivity index (χ3v) is 4.07. The lowest BCUT2D eigenvalue weighted by Crippen LogP contribution is -3.13. The molecule has 0 unspecified atom stereocenters. The molecule has 0 spiro atoms. The van der Waals surface area contributed by atoms with Crippen LogP contribution in [0.1, 0.15) is 26.2 Å². The van der Waals surface area contributed by atoms with Gasteiger partial charge in [0.25, 0.3) is 0 Å². The third-order valence-electron chi connectivity index (χ3n) is 3.81. The minimum absolute atomic E-state index is 0.0912. The maximum atomic E-state index is 11.8. The number of likely N-dealkylation sites (tertiary alicyclic amines) is 1. The molecule has 1 saturated heterocycles. The van der Waals surface area contributed by atoms with E-state index in [0.717, 1.165) is 18.2 Å². The molecule has 1 aliphatic heterocycles. The summed E-state index contributed by atoms with van der Waals surface area (Å²) in [5.74, 6) is 0.945. The van der Waals surface area contributed by atoms with Crippen molar-refractivity contribution in [1.82, 2.24) is 0 Å². The normalized spacial score (nSPS) is 23.1. The Balaban J connectivity index is 1.71. The predicted molar refractivity (Wildman–Crippen MR) is 78.7 cm³/mol. The SMILES string of the molecule is CC1CC[NH+](CCC(=O)Nc2ccc(Cl)cc2)CC1. The molecule has 1 aromatic rings. The molecule has 0 bridgehead atoms. The Kier molecular flexibility index (Phi) is 5.23. The Morgan fingerprint density at radius 1 is 1.32 bits per heavy atom. The van der Waals surface area contributed by atoms with Crippen molar-refractivity contribution in [1.29, 1.82) is 0 Å². The van der Waals surface area contributed by atoms with E-state index in [-0.39, 0.29) is 5.91 Å². The van der Waals surface area contributed by atoms with E-state index in [1.165, 1.54) is 25.9 Å². The minimum Gasteiger partial charge on any atom is -0.334 e. The van der Waals surface area contributed by atoms with E-state index in [2.05, 4.69) is 12.2 Å². The van der Waals surface area contributed by atoms with Gasteiger partial charge in [0.05, 0.1) is 26.1 Å². The molecular weight excluding hydrogens is 260 g/mol. The number of carbonyl (C=O) groups excluding carboxylic acids is 1. The van der Waals surface area contributed by atoms with Gasteiger partial charge in [-0.05, 0) is 43.0 Å². The van der Waals surface area contributed by atoms with E-state index in [0.29, 0.717) is 11.4 Å². The summed E-state index contributed by atoms with van der Waals surface area (Å²) < 4.78 is 0. The van der Waals surface area contributed by atoms with Crippen molar-refractivity contribution in [3.63, 3.8) is 0 Å². The molecule has 0 atom stereocenters. The smallest absolute Gasteiger partial charge is 0.230 e. The summed E-state index contributed by atoms with van der Waals surface area (Å²) in [6, 6.07) is 7.23. The number of nitrogens with one attached hydrogen (secondary N) is 2. The molecule has 2 rings (SSSR count). The number of hydrogen-bond acceptors (Lipinski definition) is 1. The van der Waals surface area contributed by atoms with Crippen molar-refractivity contribution in [2.24, 2.45) is 5.92 Å². The van der Waals surface area contributed by atoms with Crippen LogP contribution in [0.3, 0.4) is 0 Å². The van der Waals surface area contributed by atoms with Crippen molar-refractivity contribution in [2.75, 3.05) is 25.0 Å². The Morgan fingerprint density at radius 2 is 1.95 bits per heavy atom. The lowest BCUT2D eigenvalue weighted by Gasteiger charge is -2.27. The van der Waals surface area contributed by atoms with Crippen molar-refractivity contribution >= 4 is 23.2 Å². The quantitative estimate of drug-likeness (QED) is 0.869. The van der Waals surface area contributed by atoms with Gasteiger partial charge in [-0.25, -0.2) is 0 Å². The maximum Gasteiger partial charge on any atom is 0.230 e. The molecule has 2 N–H and O–H groups in total. The topological polar surface area (TPSA) is 33.5 Å². The Labute approximate surface area is 119 Å². The fraction of sp³-hybridized carbons (Fsp3) is 0.533. The second-order valence-electron chi connectivity index (χ2n) is 5.49. The first-order chi connectivity index (χ1) is 9.13. The van der Waals surface area contributed by atoms with Gasteiger partial charge in [-0.2, -0.15) is 0 Å². The molecule has 1 amide bonds. The van der Waals surface area contributed by atoms with E-state index < -0.39 is 0 Å². The van der Waals surface area contributed by atoms with Gasteiger partial charge in [0.15, 0.2) is 0 Å². The molecule has 1 aromatic carbocycles. The third kappa shape index (κ3) is 4.84. The number of rotatable bonds is 4. The molecule has 0 radical (unpaired) electrons. The molecule has 4 heteroatoms. The molecule has 1 fully saturated rings. The zero-order chi connectivity index (χ0) is 13.7. The van der Waals surface area contributed by atoms with Crippen LogP contribution in [0.5, 0.6) is 0 Å². The highest BCUT2D eigenvalue weighted by Crippen LogP contribution is 2.13. The van der Waals surface area contributed by atoms with Gasteiger partial charge in [0.1, 0.15) is 0 Å². The van der Waals surface area contributed by atoms with Gasteiger partial charge >= 0.3 is 0 Å². The van der Waals surface area contributed by atoms with Crippen LogP contribution >= 0.6 is 11.6 Å². The molecular formula is C15H22ClN2O+. The van der Waals surface area contributed by atoms with Gasteiger partial charge in [0, 0.05) is 10.7 Å². The summed E-state index contributed by atoms with van der Waals surface area (Å²) in [4.78, 5) is 13.4. The summed E-state index contributed by atoms with van der Waals surface area (Å²) >= 11 is 5.81. The summed E-state index contributed by atoms with van der Waals surface area (Å²) in [5, 5.41) is 3.59. The zero-order valence-electron chi connectivity index (χ0n) is 11.4. The van der Waals surface area contributed by atoms with E-state index >= 15 is 0 Å². The average molecular weight is 282 g/mol. The summed E-state index contributed by atoms with van der Waals surface area (Å²) in [5.41, 5.74) is 0.816. The van der Waals surface area contributed by atoms with Crippen LogP contribution in [0, 0.1) is 5.92 Å². The van der Waals surface area contributed by atoms with E-state index in [1.54, 1.807) is 17.0 Å². The van der Waals surface area contributed by atoms with Gasteiger partial charge in [-0.15, -0.1) is 0 Å². The second kappa shape index (κ2) is 6.92. The summed E-state index contributed by atoms with van der Waals surface area (Å²) in [6.45, 7) is 5.65. The van der Waals surface area contributed by atoms with Crippen LogP contribution in [0.4, 0.5) is 5.69 Å². The average Bonchev–Trinajstić information content (AvgIpc) is 2.41. The first kappa shape index (κ1) is 14.4. The van der Waals surface area contributed by atoms with Gasteiger partial charge < -0.3 is 10.2 Å². The highest BCUT2D eigenvalue weighted by molar-refractivity contribution is 6.30. The van der Waals surface area contributed by atoms with Gasteiger partial charge in [-0.3, -0.25) is 4.79 Å². The highest BCUT2D eigenvalue weighted by atomic mass is 35.5. The lowest BCUT2D eigenvalue weighted by atomic mass is 9.99. The number of piperidine rings is 1. The fourth-order valence-corrected chi connectivity index (χ4v) is 2.59. The predicted octanol–water partition coefficient (Wildman–Crippen LogP) is 1.98. The van der Waals surface area contributed by atoms with Crippen LogP contribution in [-0.4, -0.2) is 25.5 Å². The van der Waals surface area contributed by atoms with E-state index in [4.69, 9.17) is 11.6 Å². The zero-order valence-corrected chi connectivity index (χ0v) is 12.2. The Hall–Kier alpha value is -1.06. The maximum absolute atomic E-state index is 11.8. The van der Waals surface area contributed by atoms with Crippen molar-refractivity contribution < 1.29 is 9.69 Å². The van der Waals surface area contributed by atoms with E-state index in [1.807, 2.05) is 12.1 Å². The van der Waals surface area contributed by atoms with Crippen molar-refractivity contribution in [3.8, 4) is 0 Å². The number of halogens is 1. The molecule has 0 aromatic heterocycles. The van der Waals surface area contributed by atoms with Crippen LogP contribution in [0.25, 0.3) is 0 Å². The number of benzene rings is 1. The number of hydrogen-bond donors (Lipinski definition) is 2. The lowest BCUT2D eigenvalue weighted by molar-refractivity contribution is -0.905. The second-order valence-corrected chi connectivity index (χ2v) is 5.92. The van der Waals surface area contributed by atoms with Crippen molar-refractivity contribution in [3.05, 3.63) is 29.3 Å². The number of anilines is 1. The molecule has 0 aliphatic carbocycles. The van der Waals surface area contributed by atoms with Gasteiger partial charge in [0.2, 0.25) is 5.91 Å². The molecule has 3 nitrogen and oxygen atoms in total. The molecule has 104 valence electrons. The first-order valence-electron chi connectivity index (χ1n) is 7.02. The summed E-state index contributed by atoms with van der Waals surface area (Å²) in [7, 11) is 0. The minimum atomic E-state index is 0.0912. The summed E-state index contributed by atoms with van der Waals surface area (Å²) in [6.07, 6.45) is 3.16. The first-order valence-corrected chi connectivity index (χ1v) is 7.40. The number of carbonyl (C=O) groups is 1. The fourth-order valence-electron chi connectivity index (χ4n) is 2.47. The number of amides is 1. The standard InChI is InChI=1S/C15H21ClN2O/c1-12-6-9-18(10-7-12)11-8-15(19)17-14-4-2-13(16)3-5-14/h2-5,12H,6-11H2,1H3,(H,17,19)/p+1. The van der Waals surface area contributed by atoms with E-state index in [9.17, 15) is 4.79 Å². The van der Waals surface area contributed by atoms with Crippen LogP contribution in [0.2, 0.25) is 5.02 Å². The molecule has 19 heavy (non-hydrogen) atoms. The number of quaternary nitrogens is 1. The van der Waals surface area contributed by atoms with Crippen LogP contribution in [-0.2, 0) is 4.79 Å². The van der Waals surface area contributed by atoms with Crippen LogP contribution < -0.4 is 10.2 Å². The Bertz CT molecular complexity index is 411. The molecule has 0 saturated carbocycles. The Morgan fingerprint density at radius 3 is 2.58 bits per heavy atom. The monoisotopic (exact) mass is 281 g/mol. The van der Waals surface area contributed by atoms with Crippen LogP contribution in [0.15, 0.2) is 24.3 Å². The highest BCUT2D eigenvalue weighted by Gasteiger charge is 2.19. The largest absolute Gasteiger partial charge is 0.334 e.